The zero-order valence-corrected chi connectivity index (χ0v) is 8.91. The summed E-state index contributed by atoms with van der Waals surface area (Å²) in [4.78, 5) is 11.9. The van der Waals surface area contributed by atoms with Crippen molar-refractivity contribution in [2.75, 3.05) is 0 Å². The van der Waals surface area contributed by atoms with Crippen LogP contribution in [0.4, 0.5) is 0 Å². The van der Waals surface area contributed by atoms with Crippen LogP contribution in [0.5, 0.6) is 0 Å². The smallest absolute Gasteiger partial charge is 0.163 e. The van der Waals surface area contributed by atoms with Gasteiger partial charge in [-0.3, -0.25) is 4.79 Å². The second-order valence-electron chi connectivity index (χ2n) is 4.87. The fourth-order valence-electron chi connectivity index (χ4n) is 3.28. The number of fused-ring (bicyclic) bond motifs is 3. The molecule has 0 radical (unpaired) electrons. The Hall–Kier alpha value is -1.11. The highest BCUT2D eigenvalue weighted by Gasteiger charge is 2.34. The third kappa shape index (κ3) is 1.41. The van der Waals surface area contributed by atoms with Crippen molar-refractivity contribution < 1.29 is 4.79 Å². The monoisotopic (exact) mass is 200 g/mol. The van der Waals surface area contributed by atoms with Gasteiger partial charge in [-0.15, -0.1) is 0 Å². The summed E-state index contributed by atoms with van der Waals surface area (Å²) in [6, 6.07) is 8.22. The van der Waals surface area contributed by atoms with Gasteiger partial charge in [0.05, 0.1) is 0 Å². The molecule has 0 amide bonds. The van der Waals surface area contributed by atoms with Crippen LogP contribution in [0.25, 0.3) is 0 Å². The van der Waals surface area contributed by atoms with E-state index in [1.807, 2.05) is 12.1 Å². The van der Waals surface area contributed by atoms with E-state index >= 15 is 0 Å². The summed E-state index contributed by atoms with van der Waals surface area (Å²) in [5.74, 6) is 1.68. The minimum Gasteiger partial charge on any atom is -0.294 e. The van der Waals surface area contributed by atoms with E-state index in [0.717, 1.165) is 12.0 Å². The third-order valence-electron chi connectivity index (χ3n) is 4.02. The molecule has 2 aliphatic rings. The van der Waals surface area contributed by atoms with E-state index in [2.05, 4.69) is 12.1 Å². The summed E-state index contributed by atoms with van der Waals surface area (Å²) >= 11 is 0. The van der Waals surface area contributed by atoms with Gasteiger partial charge in [0, 0.05) is 12.0 Å². The van der Waals surface area contributed by atoms with Crippen molar-refractivity contribution in [1.29, 1.82) is 0 Å². The van der Waals surface area contributed by atoms with Gasteiger partial charge in [0.2, 0.25) is 0 Å². The fraction of sp³-hybridized carbons (Fsp3) is 0.500. The van der Waals surface area contributed by atoms with Gasteiger partial charge in [-0.2, -0.15) is 0 Å². The number of hydrogen-bond donors (Lipinski definition) is 0. The Labute approximate surface area is 90.5 Å². The van der Waals surface area contributed by atoms with Gasteiger partial charge in [0.15, 0.2) is 5.78 Å². The quantitative estimate of drug-likeness (QED) is 0.626. The fourth-order valence-corrected chi connectivity index (χ4v) is 3.28. The molecule has 1 unspecified atom stereocenters. The number of rotatable bonds is 0. The Morgan fingerprint density at radius 1 is 1.07 bits per heavy atom. The molecular formula is C14H16O. The average molecular weight is 200 g/mol. The Morgan fingerprint density at radius 3 is 2.80 bits per heavy atom. The number of hydrogen-bond acceptors (Lipinski definition) is 1. The summed E-state index contributed by atoms with van der Waals surface area (Å²) in [7, 11) is 0. The van der Waals surface area contributed by atoms with Gasteiger partial charge in [0.1, 0.15) is 0 Å². The molecule has 0 saturated heterocycles. The van der Waals surface area contributed by atoms with Crippen LogP contribution in [0.15, 0.2) is 24.3 Å². The molecule has 1 heteroatoms. The van der Waals surface area contributed by atoms with Crippen molar-refractivity contribution in [3.63, 3.8) is 0 Å². The minimum absolute atomic E-state index is 0.369. The van der Waals surface area contributed by atoms with E-state index in [1.165, 1.54) is 31.2 Å². The van der Waals surface area contributed by atoms with Crippen molar-refractivity contribution in [1.82, 2.24) is 0 Å². The molecule has 2 atom stereocenters. The summed E-state index contributed by atoms with van der Waals surface area (Å²) < 4.78 is 0. The molecule has 0 aliphatic heterocycles. The first-order chi connectivity index (χ1) is 7.36. The van der Waals surface area contributed by atoms with Crippen LogP contribution >= 0.6 is 0 Å². The van der Waals surface area contributed by atoms with Gasteiger partial charge >= 0.3 is 0 Å². The van der Waals surface area contributed by atoms with Crippen molar-refractivity contribution in [3.8, 4) is 0 Å². The molecule has 3 rings (SSSR count). The van der Waals surface area contributed by atoms with Gasteiger partial charge in [-0.1, -0.05) is 37.1 Å². The van der Waals surface area contributed by atoms with Crippen LogP contribution in [0.3, 0.4) is 0 Å². The lowest BCUT2D eigenvalue weighted by molar-refractivity contribution is 0.0919. The highest BCUT2D eigenvalue weighted by molar-refractivity contribution is 5.99. The van der Waals surface area contributed by atoms with Gasteiger partial charge < -0.3 is 0 Å². The van der Waals surface area contributed by atoms with Crippen LogP contribution in [0, 0.1) is 5.92 Å². The van der Waals surface area contributed by atoms with E-state index in [0.29, 0.717) is 17.6 Å². The summed E-state index contributed by atoms with van der Waals surface area (Å²) in [6.45, 7) is 0. The zero-order valence-electron chi connectivity index (χ0n) is 8.91. The molecule has 0 N–H and O–H groups in total. The zero-order chi connectivity index (χ0) is 10.3. The molecular weight excluding hydrogens is 184 g/mol. The molecule has 1 aromatic rings. The van der Waals surface area contributed by atoms with Crippen molar-refractivity contribution in [3.05, 3.63) is 35.4 Å². The maximum Gasteiger partial charge on any atom is 0.163 e. The molecule has 15 heavy (non-hydrogen) atoms. The number of ketones is 1. The largest absolute Gasteiger partial charge is 0.294 e. The van der Waals surface area contributed by atoms with Crippen molar-refractivity contribution in [2.45, 2.75) is 38.0 Å². The Bertz CT molecular complexity index is 394. The van der Waals surface area contributed by atoms with E-state index in [-0.39, 0.29) is 0 Å². The number of carbonyl (C=O) groups is 1. The molecule has 2 aliphatic carbocycles. The van der Waals surface area contributed by atoms with Crippen molar-refractivity contribution in [2.24, 2.45) is 5.92 Å². The molecule has 1 aromatic carbocycles. The number of carbonyl (C=O) groups excluding carboxylic acids is 1. The van der Waals surface area contributed by atoms with Crippen LogP contribution in [0.1, 0.15) is 53.9 Å². The minimum atomic E-state index is 0.369. The van der Waals surface area contributed by atoms with E-state index in [4.69, 9.17) is 0 Å². The lowest BCUT2D eigenvalue weighted by Gasteiger charge is -2.36. The van der Waals surface area contributed by atoms with Crippen LogP contribution in [-0.4, -0.2) is 5.78 Å². The lowest BCUT2D eigenvalue weighted by atomic mass is 9.68. The molecule has 0 heterocycles. The highest BCUT2D eigenvalue weighted by Crippen LogP contribution is 2.44. The Kier molecular flexibility index (Phi) is 2.12. The average Bonchev–Trinajstić information content (AvgIpc) is 2.30. The normalized spacial score (nSPS) is 29.5. The Morgan fingerprint density at radius 2 is 1.87 bits per heavy atom. The van der Waals surface area contributed by atoms with Gasteiger partial charge in [0.25, 0.3) is 0 Å². The van der Waals surface area contributed by atoms with E-state index < -0.39 is 0 Å². The first-order valence-corrected chi connectivity index (χ1v) is 5.98. The van der Waals surface area contributed by atoms with Crippen molar-refractivity contribution >= 4 is 5.78 Å². The third-order valence-corrected chi connectivity index (χ3v) is 4.02. The Balaban J connectivity index is 2.07. The van der Waals surface area contributed by atoms with Crippen LogP contribution < -0.4 is 0 Å². The molecule has 1 nitrogen and oxygen atoms in total. The predicted molar refractivity (Wildman–Crippen MR) is 60.1 cm³/mol. The maximum absolute atomic E-state index is 11.9. The molecule has 0 spiro atoms. The predicted octanol–water partition coefficient (Wildman–Crippen LogP) is 3.55. The molecule has 1 saturated carbocycles. The maximum atomic E-state index is 11.9. The van der Waals surface area contributed by atoms with E-state index in [9.17, 15) is 4.79 Å². The van der Waals surface area contributed by atoms with Gasteiger partial charge in [-0.25, -0.2) is 0 Å². The molecule has 1 fully saturated rings. The summed E-state index contributed by atoms with van der Waals surface area (Å²) in [6.07, 6.45) is 5.99. The topological polar surface area (TPSA) is 17.1 Å². The highest BCUT2D eigenvalue weighted by atomic mass is 16.1. The summed E-state index contributed by atoms with van der Waals surface area (Å²) in [5, 5.41) is 0. The lowest BCUT2D eigenvalue weighted by Crippen LogP contribution is -2.27. The number of Topliss-reactive ketones (excluding diaryl/α,β-unsaturated/α-hetero) is 1. The number of benzene rings is 1. The first kappa shape index (κ1) is 9.14. The standard InChI is InChI=1S/C14H16O/c15-14-9-10-5-1-2-6-11(10)12-7-3-4-8-13(12)14/h3-4,7-8,10-11H,1-2,5-6,9H2/t10?,11-/m1/s1. The van der Waals surface area contributed by atoms with Crippen LogP contribution in [-0.2, 0) is 0 Å². The first-order valence-electron chi connectivity index (χ1n) is 5.98. The second-order valence-corrected chi connectivity index (χ2v) is 4.87. The summed E-state index contributed by atoms with van der Waals surface area (Å²) in [5.41, 5.74) is 2.33. The molecule has 0 bridgehead atoms. The molecule has 0 aromatic heterocycles. The SMILES string of the molecule is O=C1CC2CCCC[C@H]2c2ccccc21. The van der Waals surface area contributed by atoms with E-state index in [1.54, 1.807) is 0 Å². The van der Waals surface area contributed by atoms with Crippen LogP contribution in [0.2, 0.25) is 0 Å². The second kappa shape index (κ2) is 3.48. The van der Waals surface area contributed by atoms with Gasteiger partial charge in [-0.05, 0) is 30.2 Å². The molecule has 78 valence electrons.